The van der Waals surface area contributed by atoms with Gasteiger partial charge >= 0.3 is 7.82 Å². The predicted molar refractivity (Wildman–Crippen MR) is 103 cm³/mol. The molecular weight excluding hydrogens is 405 g/mol. The SMILES string of the molecule is [B]C1OC(COP(=O)(O)OC2C(COCC)OC([B])C2OC)C(OCC)C1OC. The maximum atomic E-state index is 12.6. The number of hydrogen-bond acceptors (Lipinski definition) is 9. The van der Waals surface area contributed by atoms with Gasteiger partial charge in [0, 0.05) is 39.4 Å². The van der Waals surface area contributed by atoms with Gasteiger partial charge in [0.1, 0.15) is 52.3 Å². The molecule has 4 radical (unpaired) electrons. The Kier molecular flexibility index (Phi) is 10.1. The summed E-state index contributed by atoms with van der Waals surface area (Å²) in [7, 11) is 10.1. The van der Waals surface area contributed by atoms with E-state index in [0.717, 1.165) is 0 Å². The molecule has 2 aliphatic heterocycles. The minimum atomic E-state index is -4.52. The van der Waals surface area contributed by atoms with Gasteiger partial charge < -0.3 is 33.3 Å². The summed E-state index contributed by atoms with van der Waals surface area (Å²) in [6.07, 6.45) is -4.21. The van der Waals surface area contributed by atoms with Crippen molar-refractivity contribution in [2.45, 2.75) is 62.5 Å². The largest absolute Gasteiger partial charge is 0.472 e. The molecule has 2 saturated heterocycles. The molecule has 0 aliphatic carbocycles. The fraction of sp³-hybridized carbons (Fsp3) is 1.00. The highest BCUT2D eigenvalue weighted by Gasteiger charge is 2.48. The molecular formula is C16H29B2O10P. The fourth-order valence-electron chi connectivity index (χ4n) is 3.42. The van der Waals surface area contributed by atoms with Gasteiger partial charge in [-0.1, -0.05) is 0 Å². The van der Waals surface area contributed by atoms with Crippen LogP contribution in [0.15, 0.2) is 0 Å². The van der Waals surface area contributed by atoms with Gasteiger partial charge in [0.25, 0.3) is 0 Å². The first kappa shape index (κ1) is 25.3. The third-order valence-corrected chi connectivity index (χ3v) is 5.72. The normalized spacial score (nSPS) is 39.6. The van der Waals surface area contributed by atoms with Crippen molar-refractivity contribution < 1.29 is 46.9 Å². The van der Waals surface area contributed by atoms with Crippen molar-refractivity contribution >= 4 is 23.5 Å². The zero-order chi connectivity index (χ0) is 21.6. The Labute approximate surface area is 174 Å². The molecule has 164 valence electrons. The van der Waals surface area contributed by atoms with Gasteiger partial charge in [-0.25, -0.2) is 4.57 Å². The summed E-state index contributed by atoms with van der Waals surface area (Å²) < 4.78 is 55.6. The molecule has 9 atom stereocenters. The first-order chi connectivity index (χ1) is 13.8. The van der Waals surface area contributed by atoms with E-state index in [-0.39, 0.29) is 13.2 Å². The summed E-state index contributed by atoms with van der Waals surface area (Å²) >= 11 is 0. The number of ether oxygens (including phenoxy) is 6. The van der Waals surface area contributed by atoms with Crippen molar-refractivity contribution in [3.8, 4) is 0 Å². The average Bonchev–Trinajstić information content (AvgIpc) is 3.13. The van der Waals surface area contributed by atoms with Crippen LogP contribution in [0.25, 0.3) is 0 Å². The molecule has 0 aromatic rings. The highest BCUT2D eigenvalue weighted by Crippen LogP contribution is 2.48. The highest BCUT2D eigenvalue weighted by atomic mass is 31.2. The summed E-state index contributed by atoms with van der Waals surface area (Å²) in [6, 6.07) is -1.59. The van der Waals surface area contributed by atoms with E-state index in [4.69, 9.17) is 53.2 Å². The minimum absolute atomic E-state index is 0.122. The number of rotatable bonds is 12. The topological polar surface area (TPSA) is 111 Å². The summed E-state index contributed by atoms with van der Waals surface area (Å²) in [6.45, 7) is 4.27. The van der Waals surface area contributed by atoms with E-state index in [1.807, 2.05) is 6.92 Å². The van der Waals surface area contributed by atoms with Crippen molar-refractivity contribution in [3.63, 3.8) is 0 Å². The molecule has 0 spiro atoms. The molecule has 13 heteroatoms. The van der Waals surface area contributed by atoms with E-state index in [9.17, 15) is 9.46 Å². The lowest BCUT2D eigenvalue weighted by Crippen LogP contribution is -2.39. The van der Waals surface area contributed by atoms with E-state index in [1.165, 1.54) is 14.2 Å². The highest BCUT2D eigenvalue weighted by molar-refractivity contribution is 7.47. The quantitative estimate of drug-likeness (QED) is 0.326. The first-order valence-electron chi connectivity index (χ1n) is 9.50. The smallest absolute Gasteiger partial charge is 0.379 e. The molecule has 0 aromatic carbocycles. The van der Waals surface area contributed by atoms with Gasteiger partial charge in [0.15, 0.2) is 0 Å². The molecule has 29 heavy (non-hydrogen) atoms. The molecule has 9 unspecified atom stereocenters. The molecule has 2 fully saturated rings. The molecule has 10 nitrogen and oxygen atoms in total. The summed E-state index contributed by atoms with van der Waals surface area (Å²) in [4.78, 5) is 10.2. The van der Waals surface area contributed by atoms with Crippen molar-refractivity contribution in [1.29, 1.82) is 0 Å². The zero-order valence-corrected chi connectivity index (χ0v) is 18.1. The molecule has 0 bridgehead atoms. The van der Waals surface area contributed by atoms with Crippen molar-refractivity contribution in [2.75, 3.05) is 40.6 Å². The monoisotopic (exact) mass is 434 g/mol. The second kappa shape index (κ2) is 11.6. The number of hydrogen-bond donors (Lipinski definition) is 1. The Morgan fingerprint density at radius 2 is 1.45 bits per heavy atom. The van der Waals surface area contributed by atoms with E-state index < -0.39 is 56.5 Å². The Morgan fingerprint density at radius 3 is 1.97 bits per heavy atom. The Bertz CT molecular complexity index is 544. The Hall–Kier alpha value is -0.000130. The van der Waals surface area contributed by atoms with Crippen LogP contribution in [0.3, 0.4) is 0 Å². The Morgan fingerprint density at radius 1 is 0.897 bits per heavy atom. The summed E-state index contributed by atoms with van der Waals surface area (Å²) in [5.41, 5.74) is 0. The third kappa shape index (κ3) is 6.49. The second-order valence-corrected chi connectivity index (χ2v) is 8.00. The molecule has 2 rings (SSSR count). The lowest BCUT2D eigenvalue weighted by atomic mass is 9.93. The van der Waals surface area contributed by atoms with Gasteiger partial charge in [-0.3, -0.25) is 9.05 Å². The number of phosphoric ester groups is 1. The van der Waals surface area contributed by atoms with Crippen LogP contribution in [0.4, 0.5) is 0 Å². The fourth-order valence-corrected chi connectivity index (χ4v) is 4.38. The van der Waals surface area contributed by atoms with Crippen molar-refractivity contribution in [1.82, 2.24) is 0 Å². The molecule has 0 aromatic heterocycles. The first-order valence-corrected chi connectivity index (χ1v) is 11.0. The average molecular weight is 434 g/mol. The number of methoxy groups -OCH3 is 2. The van der Waals surface area contributed by atoms with Crippen LogP contribution in [0, 0.1) is 0 Å². The third-order valence-electron chi connectivity index (χ3n) is 4.74. The maximum absolute atomic E-state index is 12.6. The van der Waals surface area contributed by atoms with E-state index in [0.29, 0.717) is 13.2 Å². The molecule has 0 amide bonds. The lowest BCUT2D eigenvalue weighted by Gasteiger charge is -2.26. The zero-order valence-electron chi connectivity index (χ0n) is 17.2. The van der Waals surface area contributed by atoms with Gasteiger partial charge in [0.2, 0.25) is 0 Å². The summed E-state index contributed by atoms with van der Waals surface area (Å²) in [5, 5.41) is 0. The molecule has 1 N–H and O–H groups in total. The van der Waals surface area contributed by atoms with Gasteiger partial charge in [0.05, 0.1) is 13.2 Å². The maximum Gasteiger partial charge on any atom is 0.472 e. The van der Waals surface area contributed by atoms with Crippen LogP contribution >= 0.6 is 7.82 Å². The second-order valence-electron chi connectivity index (χ2n) is 6.59. The van der Waals surface area contributed by atoms with Crippen LogP contribution < -0.4 is 0 Å². The van der Waals surface area contributed by atoms with E-state index in [2.05, 4.69) is 0 Å². The van der Waals surface area contributed by atoms with E-state index >= 15 is 0 Å². The van der Waals surface area contributed by atoms with Crippen LogP contribution in [0.2, 0.25) is 0 Å². The van der Waals surface area contributed by atoms with Crippen LogP contribution in [-0.2, 0) is 42.0 Å². The van der Waals surface area contributed by atoms with Gasteiger partial charge in [-0.2, -0.15) is 0 Å². The predicted octanol–water partition coefficient (Wildman–Crippen LogP) is -0.253. The van der Waals surface area contributed by atoms with Crippen LogP contribution in [0.1, 0.15) is 13.8 Å². The van der Waals surface area contributed by atoms with E-state index in [1.54, 1.807) is 6.92 Å². The summed E-state index contributed by atoms with van der Waals surface area (Å²) in [5.74, 6) is 0. The van der Waals surface area contributed by atoms with Crippen molar-refractivity contribution in [2.24, 2.45) is 0 Å². The van der Waals surface area contributed by atoms with Gasteiger partial charge in [-0.05, 0) is 13.8 Å². The minimum Gasteiger partial charge on any atom is -0.379 e. The Balaban J connectivity index is 1.99. The van der Waals surface area contributed by atoms with Crippen LogP contribution in [0.5, 0.6) is 0 Å². The molecule has 2 heterocycles. The lowest BCUT2D eigenvalue weighted by molar-refractivity contribution is -0.0633. The van der Waals surface area contributed by atoms with Gasteiger partial charge in [-0.15, -0.1) is 0 Å². The number of phosphoric acid groups is 1. The molecule has 2 aliphatic rings. The van der Waals surface area contributed by atoms with Crippen LogP contribution in [-0.4, -0.2) is 110 Å². The molecule has 0 saturated carbocycles. The van der Waals surface area contributed by atoms with Crippen molar-refractivity contribution in [3.05, 3.63) is 0 Å². The standard InChI is InChI=1S/C16H29B2O10P/c1-5-23-7-9-12(14(22-4)16(18)26-9)28-29(19,20)25-8-10-11(24-6-2)13(21-3)15(17)27-10/h9-16H,5-8H2,1-4H3,(H,19,20).